The predicted octanol–water partition coefficient (Wildman–Crippen LogP) is 2.06. The van der Waals surface area contributed by atoms with Gasteiger partial charge in [-0.2, -0.15) is 0 Å². The topological polar surface area (TPSA) is 47.4 Å². The third kappa shape index (κ3) is 2.78. The van der Waals surface area contributed by atoms with Crippen molar-refractivity contribution in [2.75, 3.05) is 26.7 Å². The Labute approximate surface area is 124 Å². The number of likely N-dealkylation sites (tertiary alicyclic amines) is 1. The van der Waals surface area contributed by atoms with Crippen molar-refractivity contribution in [2.45, 2.75) is 25.8 Å². The van der Waals surface area contributed by atoms with Gasteiger partial charge in [0.1, 0.15) is 5.75 Å². The molecule has 0 aliphatic carbocycles. The van der Waals surface area contributed by atoms with Gasteiger partial charge in [0, 0.05) is 12.6 Å². The van der Waals surface area contributed by atoms with E-state index in [9.17, 15) is 4.79 Å². The Morgan fingerprint density at radius 3 is 2.81 bits per heavy atom. The fourth-order valence-electron chi connectivity index (χ4n) is 2.98. The number of hydrogen-bond acceptors (Lipinski definition) is 4. The molecule has 0 spiro atoms. The zero-order valence-corrected chi connectivity index (χ0v) is 12.6. The molecule has 3 rings (SSSR count). The van der Waals surface area contributed by atoms with Gasteiger partial charge in [0.25, 0.3) is 5.56 Å². The minimum Gasteiger partial charge on any atom is -0.497 e. The molecule has 2 aromatic rings. The van der Waals surface area contributed by atoms with E-state index in [2.05, 4.69) is 16.8 Å². The lowest BCUT2D eigenvalue weighted by molar-refractivity contribution is 0.284. The van der Waals surface area contributed by atoms with E-state index in [4.69, 9.17) is 4.74 Å². The number of rotatable bonds is 4. The molecule has 5 heteroatoms. The van der Waals surface area contributed by atoms with Gasteiger partial charge in [0.05, 0.1) is 24.3 Å². The van der Waals surface area contributed by atoms with Crippen LogP contribution in [0.1, 0.15) is 25.8 Å². The van der Waals surface area contributed by atoms with Gasteiger partial charge in [-0.3, -0.25) is 9.36 Å². The lowest BCUT2D eigenvalue weighted by Crippen LogP contribution is -2.32. The Balaban J connectivity index is 1.94. The lowest BCUT2D eigenvalue weighted by Gasteiger charge is -2.22. The second-order valence-electron chi connectivity index (χ2n) is 5.70. The monoisotopic (exact) mass is 287 g/mol. The lowest BCUT2D eigenvalue weighted by atomic mass is 10.2. The fraction of sp³-hybridized carbons (Fsp3) is 0.500. The first-order chi connectivity index (χ1) is 10.2. The van der Waals surface area contributed by atoms with E-state index in [1.807, 2.05) is 12.1 Å². The van der Waals surface area contributed by atoms with Gasteiger partial charge < -0.3 is 9.64 Å². The first kappa shape index (κ1) is 14.1. The molecule has 1 aromatic heterocycles. The van der Waals surface area contributed by atoms with E-state index in [1.54, 1.807) is 24.1 Å². The van der Waals surface area contributed by atoms with Crippen LogP contribution in [0.5, 0.6) is 5.75 Å². The molecular weight excluding hydrogens is 266 g/mol. The molecule has 0 N–H and O–H groups in total. The maximum Gasteiger partial charge on any atom is 0.261 e. The summed E-state index contributed by atoms with van der Waals surface area (Å²) in [7, 11) is 1.60. The van der Waals surface area contributed by atoms with Crippen molar-refractivity contribution in [3.63, 3.8) is 0 Å². The molecule has 1 aliphatic heterocycles. The van der Waals surface area contributed by atoms with Gasteiger partial charge in [-0.25, -0.2) is 4.98 Å². The summed E-state index contributed by atoms with van der Waals surface area (Å²) in [6, 6.07) is 5.54. The maximum absolute atomic E-state index is 12.7. The first-order valence-corrected chi connectivity index (χ1v) is 7.46. The van der Waals surface area contributed by atoms with Gasteiger partial charge in [0.15, 0.2) is 0 Å². The van der Waals surface area contributed by atoms with Crippen molar-refractivity contribution in [3.05, 3.63) is 34.9 Å². The highest BCUT2D eigenvalue weighted by Crippen LogP contribution is 2.17. The van der Waals surface area contributed by atoms with E-state index in [0.717, 1.165) is 19.6 Å². The van der Waals surface area contributed by atoms with Gasteiger partial charge in [0.2, 0.25) is 0 Å². The number of benzene rings is 1. The highest BCUT2D eigenvalue weighted by molar-refractivity contribution is 5.78. The molecule has 2 heterocycles. The van der Waals surface area contributed by atoms with E-state index >= 15 is 0 Å². The Hall–Kier alpha value is -1.88. The minimum atomic E-state index is 0.00518. The number of aromatic nitrogens is 2. The maximum atomic E-state index is 12.7. The number of nitrogens with zero attached hydrogens (tertiary/aromatic N) is 3. The predicted molar refractivity (Wildman–Crippen MR) is 82.9 cm³/mol. The van der Waals surface area contributed by atoms with Crippen LogP contribution in [0.15, 0.2) is 29.3 Å². The van der Waals surface area contributed by atoms with Gasteiger partial charge in [-0.1, -0.05) is 0 Å². The van der Waals surface area contributed by atoms with Crippen LogP contribution in [0, 0.1) is 0 Å². The number of hydrogen-bond donors (Lipinski definition) is 0. The summed E-state index contributed by atoms with van der Waals surface area (Å²) < 4.78 is 6.94. The Kier molecular flexibility index (Phi) is 3.92. The van der Waals surface area contributed by atoms with E-state index in [1.165, 1.54) is 12.8 Å². The van der Waals surface area contributed by atoms with Crippen LogP contribution in [0.25, 0.3) is 10.9 Å². The van der Waals surface area contributed by atoms with Crippen molar-refractivity contribution in [3.8, 4) is 5.75 Å². The summed E-state index contributed by atoms with van der Waals surface area (Å²) in [4.78, 5) is 19.5. The summed E-state index contributed by atoms with van der Waals surface area (Å²) in [5, 5.41) is 0.616. The molecule has 1 saturated heterocycles. The first-order valence-electron chi connectivity index (χ1n) is 7.46. The molecule has 5 nitrogen and oxygen atoms in total. The summed E-state index contributed by atoms with van der Waals surface area (Å²) >= 11 is 0. The number of ether oxygens (including phenoxy) is 1. The van der Waals surface area contributed by atoms with Crippen molar-refractivity contribution < 1.29 is 4.74 Å². The third-order valence-electron chi connectivity index (χ3n) is 4.19. The minimum absolute atomic E-state index is 0.00518. The van der Waals surface area contributed by atoms with E-state index < -0.39 is 0 Å². The average Bonchev–Trinajstić information content (AvgIpc) is 3.00. The highest BCUT2D eigenvalue weighted by atomic mass is 16.5. The average molecular weight is 287 g/mol. The number of methoxy groups -OCH3 is 1. The molecule has 0 saturated carbocycles. The smallest absolute Gasteiger partial charge is 0.261 e. The van der Waals surface area contributed by atoms with Gasteiger partial charge >= 0.3 is 0 Å². The molecule has 0 amide bonds. The zero-order chi connectivity index (χ0) is 14.8. The van der Waals surface area contributed by atoms with E-state index in [-0.39, 0.29) is 11.6 Å². The van der Waals surface area contributed by atoms with Gasteiger partial charge in [-0.05, 0) is 51.1 Å². The molecule has 21 heavy (non-hydrogen) atoms. The molecule has 0 bridgehead atoms. The Morgan fingerprint density at radius 2 is 2.10 bits per heavy atom. The second-order valence-corrected chi connectivity index (χ2v) is 5.70. The van der Waals surface area contributed by atoms with Crippen LogP contribution in [-0.4, -0.2) is 41.2 Å². The summed E-state index contributed by atoms with van der Waals surface area (Å²) in [6.45, 7) is 5.24. The second kappa shape index (κ2) is 5.85. The molecule has 112 valence electrons. The normalized spacial score (nSPS) is 17.2. The molecular formula is C16H21N3O2. The molecule has 0 unspecified atom stereocenters. The van der Waals surface area contributed by atoms with Crippen molar-refractivity contribution >= 4 is 10.9 Å². The molecule has 1 atom stereocenters. The Morgan fingerprint density at radius 1 is 1.33 bits per heavy atom. The molecule has 1 fully saturated rings. The zero-order valence-electron chi connectivity index (χ0n) is 12.6. The molecule has 1 aromatic carbocycles. The van der Waals surface area contributed by atoms with Crippen molar-refractivity contribution in [1.29, 1.82) is 0 Å². The summed E-state index contributed by atoms with van der Waals surface area (Å²) in [6.07, 6.45) is 4.18. The highest BCUT2D eigenvalue weighted by Gasteiger charge is 2.17. The van der Waals surface area contributed by atoms with Crippen LogP contribution in [0.4, 0.5) is 0 Å². The van der Waals surface area contributed by atoms with Crippen LogP contribution >= 0.6 is 0 Å². The van der Waals surface area contributed by atoms with Crippen LogP contribution < -0.4 is 10.3 Å². The fourth-order valence-corrected chi connectivity index (χ4v) is 2.98. The third-order valence-corrected chi connectivity index (χ3v) is 4.19. The van der Waals surface area contributed by atoms with Crippen LogP contribution in [0.2, 0.25) is 0 Å². The molecule has 0 radical (unpaired) electrons. The number of fused-ring (bicyclic) bond motifs is 1. The van der Waals surface area contributed by atoms with Crippen LogP contribution in [-0.2, 0) is 0 Å². The SMILES string of the molecule is COc1ccc2ncn([C@H](C)CN3CCCC3)c(=O)c2c1. The van der Waals surface area contributed by atoms with Crippen molar-refractivity contribution in [1.82, 2.24) is 14.5 Å². The standard InChI is InChI=1S/C16H21N3O2/c1-12(10-18-7-3-4-8-18)19-11-17-15-6-5-13(21-2)9-14(15)16(19)20/h5-6,9,11-12H,3-4,7-8,10H2,1-2H3/t12-/m1/s1. The Bertz CT molecular complexity index is 689. The summed E-state index contributed by atoms with van der Waals surface area (Å²) in [5.41, 5.74) is 0.719. The van der Waals surface area contributed by atoms with E-state index in [0.29, 0.717) is 16.7 Å². The largest absolute Gasteiger partial charge is 0.497 e. The molecule has 1 aliphatic rings. The summed E-state index contributed by atoms with van der Waals surface area (Å²) in [5.74, 6) is 0.686. The van der Waals surface area contributed by atoms with Crippen LogP contribution in [0.3, 0.4) is 0 Å². The quantitative estimate of drug-likeness (QED) is 0.863. The van der Waals surface area contributed by atoms with Gasteiger partial charge in [-0.15, -0.1) is 0 Å². The van der Waals surface area contributed by atoms with Crippen molar-refractivity contribution in [2.24, 2.45) is 0 Å².